The molecule has 2 aliphatic rings. The molecule has 13 rings (SSSR count). The van der Waals surface area contributed by atoms with Crippen LogP contribution in [-0.4, -0.2) is 19.1 Å². The highest BCUT2D eigenvalue weighted by molar-refractivity contribution is 7.99. The summed E-state index contributed by atoms with van der Waals surface area (Å²) >= 11 is 1.84. The molecule has 0 bridgehead atoms. The van der Waals surface area contributed by atoms with Gasteiger partial charge in [0.25, 0.3) is 0 Å². The number of hydrogen-bond acceptors (Lipinski definition) is 3. The Hall–Kier alpha value is -7.72. The van der Waals surface area contributed by atoms with Gasteiger partial charge in [-0.15, -0.1) is 0 Å². The molecule has 0 amide bonds. The molecule has 6 heteroatoms. The van der Waals surface area contributed by atoms with Crippen molar-refractivity contribution in [2.45, 2.75) is 15.2 Å². The molecule has 0 radical (unpaired) electrons. The highest BCUT2D eigenvalue weighted by Crippen LogP contribution is 2.62. The van der Waals surface area contributed by atoms with Gasteiger partial charge >= 0.3 is 0 Å². The van der Waals surface area contributed by atoms with Gasteiger partial charge in [0, 0.05) is 49.7 Å². The number of fused-ring (bicyclic) bond motifs is 15. The van der Waals surface area contributed by atoms with Crippen LogP contribution in [0.4, 0.5) is 5.69 Å². The summed E-state index contributed by atoms with van der Waals surface area (Å²) in [4.78, 5) is 16.2. The fourth-order valence-corrected chi connectivity index (χ4v) is 11.4. The first-order valence-electron chi connectivity index (χ1n) is 20.1. The van der Waals surface area contributed by atoms with Crippen molar-refractivity contribution in [2.24, 2.45) is 0 Å². The SMILES string of the molecule is [C-]#[N+]c1ccc2c(c1)c1ccccc1n2-c1ccc2c(c1)C1(c3ccc(-c4ccc5c(c4)c4ccccc4n5-c4ccccc4)cc3S2)c2cccnc2-c2ncccc21. The van der Waals surface area contributed by atoms with E-state index in [1.54, 1.807) is 0 Å². The molecule has 0 N–H and O–H groups in total. The second-order valence-electron chi connectivity index (χ2n) is 15.6. The Bertz CT molecular complexity index is 3620. The number of aromatic nitrogens is 4. The van der Waals surface area contributed by atoms with Crippen molar-refractivity contribution < 1.29 is 0 Å². The molecule has 0 unspecified atom stereocenters. The molecule has 5 heterocycles. The molecule has 0 atom stereocenters. The van der Waals surface area contributed by atoms with Gasteiger partial charge in [0.05, 0.1) is 45.4 Å². The Morgan fingerprint density at radius 1 is 0.433 bits per heavy atom. The second-order valence-corrected chi connectivity index (χ2v) is 16.7. The van der Waals surface area contributed by atoms with Crippen LogP contribution in [0, 0.1) is 6.57 Å². The van der Waals surface area contributed by atoms with E-state index < -0.39 is 5.41 Å². The van der Waals surface area contributed by atoms with E-state index in [0.29, 0.717) is 5.69 Å². The minimum absolute atomic E-state index is 0.639. The van der Waals surface area contributed by atoms with Crippen LogP contribution in [0.1, 0.15) is 22.3 Å². The number of nitrogens with zero attached hydrogens (tertiary/aromatic N) is 5. The average Bonchev–Trinajstić information content (AvgIpc) is 3.93. The van der Waals surface area contributed by atoms with Crippen LogP contribution in [-0.2, 0) is 5.41 Å². The molecule has 1 spiro atoms. The van der Waals surface area contributed by atoms with E-state index in [4.69, 9.17) is 16.5 Å². The number of rotatable bonds is 3. The fraction of sp³-hybridized carbons (Fsp3) is 0.0185. The van der Waals surface area contributed by atoms with E-state index in [1.165, 1.54) is 53.9 Å². The summed E-state index contributed by atoms with van der Waals surface area (Å²) in [5.41, 5.74) is 15.7. The maximum Gasteiger partial charge on any atom is 0.188 e. The van der Waals surface area contributed by atoms with Crippen molar-refractivity contribution >= 4 is 61.1 Å². The molecule has 60 heavy (non-hydrogen) atoms. The first-order valence-corrected chi connectivity index (χ1v) is 20.9. The summed E-state index contributed by atoms with van der Waals surface area (Å²) in [5, 5.41) is 4.68. The van der Waals surface area contributed by atoms with Crippen LogP contribution >= 0.6 is 11.8 Å². The van der Waals surface area contributed by atoms with Crippen LogP contribution < -0.4 is 0 Å². The molecule has 0 fully saturated rings. The highest BCUT2D eigenvalue weighted by Gasteiger charge is 2.51. The quantitative estimate of drug-likeness (QED) is 0.168. The Morgan fingerprint density at radius 2 is 1.03 bits per heavy atom. The van der Waals surface area contributed by atoms with Crippen molar-refractivity contribution in [3.05, 3.63) is 222 Å². The third kappa shape index (κ3) is 4.42. The molecular weight excluding hydrogens is 751 g/mol. The summed E-state index contributed by atoms with van der Waals surface area (Å²) in [6.45, 7) is 7.73. The zero-order chi connectivity index (χ0) is 39.5. The standard InChI is InChI=1S/C54H31N5S/c1-55-35-21-25-49-41(31-35)39-14-6-8-18-47(39)59(49)37-22-26-50-45(32-37)54(43-15-9-27-56-52(43)53-44(54)16-10-28-57-53)42-23-19-34(30-51(42)60-50)33-20-24-48-40(29-33)38-13-5-7-17-46(38)58(48)36-11-3-2-4-12-36/h2-32H. The van der Waals surface area contributed by atoms with E-state index in [2.05, 4.69) is 178 Å². The average molecular weight is 782 g/mol. The first kappa shape index (κ1) is 33.3. The van der Waals surface area contributed by atoms with Crippen LogP contribution in [0.15, 0.2) is 198 Å². The first-order chi connectivity index (χ1) is 29.7. The molecule has 5 nitrogen and oxygen atoms in total. The lowest BCUT2D eigenvalue weighted by Gasteiger charge is -2.39. The predicted octanol–water partition coefficient (Wildman–Crippen LogP) is 13.7. The maximum atomic E-state index is 7.73. The topological polar surface area (TPSA) is 40.0 Å². The monoisotopic (exact) mass is 781 g/mol. The van der Waals surface area contributed by atoms with Gasteiger partial charge in [0.2, 0.25) is 0 Å². The fourth-order valence-electron chi connectivity index (χ4n) is 10.2. The smallest absolute Gasteiger partial charge is 0.188 e. The maximum absolute atomic E-state index is 7.73. The zero-order valence-corrected chi connectivity index (χ0v) is 32.9. The van der Waals surface area contributed by atoms with Crippen LogP contribution in [0.2, 0.25) is 0 Å². The van der Waals surface area contributed by atoms with Gasteiger partial charge in [-0.3, -0.25) is 9.97 Å². The molecule has 4 aromatic heterocycles. The minimum atomic E-state index is -0.652. The summed E-state index contributed by atoms with van der Waals surface area (Å²) in [6, 6.07) is 63.4. The molecule has 1 aliphatic carbocycles. The van der Waals surface area contributed by atoms with Gasteiger partial charge in [-0.2, -0.15) is 0 Å². The van der Waals surface area contributed by atoms with Gasteiger partial charge in [-0.05, 0) is 124 Å². The number of benzene rings is 7. The number of para-hydroxylation sites is 3. The number of hydrogen-bond donors (Lipinski definition) is 0. The lowest BCUT2D eigenvalue weighted by molar-refractivity contribution is 0.718. The van der Waals surface area contributed by atoms with Crippen LogP contribution in [0.25, 0.3) is 82.3 Å². The third-order valence-electron chi connectivity index (χ3n) is 12.7. The highest BCUT2D eigenvalue weighted by atomic mass is 32.2. The van der Waals surface area contributed by atoms with Gasteiger partial charge in [0.15, 0.2) is 5.69 Å². The van der Waals surface area contributed by atoms with E-state index in [9.17, 15) is 0 Å². The van der Waals surface area contributed by atoms with Crippen molar-refractivity contribution in [3.63, 3.8) is 0 Å². The second kappa shape index (κ2) is 12.4. The Balaban J connectivity index is 1.04. The molecule has 7 aromatic carbocycles. The Kier molecular flexibility index (Phi) is 6.87. The normalized spacial score (nSPS) is 13.4. The molecule has 0 saturated carbocycles. The Morgan fingerprint density at radius 3 is 1.75 bits per heavy atom. The molecule has 11 aromatic rings. The van der Waals surface area contributed by atoms with Crippen molar-refractivity contribution in [3.8, 4) is 33.9 Å². The molecule has 0 saturated heterocycles. The molecular formula is C54H31N5S. The van der Waals surface area contributed by atoms with Gasteiger partial charge in [-0.1, -0.05) is 103 Å². The summed E-state index contributed by atoms with van der Waals surface area (Å²) in [7, 11) is 0. The van der Waals surface area contributed by atoms with Crippen molar-refractivity contribution in [2.75, 3.05) is 0 Å². The van der Waals surface area contributed by atoms with Crippen LogP contribution in [0.3, 0.4) is 0 Å². The van der Waals surface area contributed by atoms with Gasteiger partial charge in [-0.25, -0.2) is 4.85 Å². The van der Waals surface area contributed by atoms with E-state index in [1.807, 2.05) is 36.3 Å². The third-order valence-corrected chi connectivity index (χ3v) is 13.8. The molecule has 278 valence electrons. The number of pyridine rings is 2. The van der Waals surface area contributed by atoms with Crippen molar-refractivity contribution in [1.29, 1.82) is 0 Å². The largest absolute Gasteiger partial charge is 0.309 e. The van der Waals surface area contributed by atoms with E-state index in [-0.39, 0.29) is 0 Å². The van der Waals surface area contributed by atoms with Gasteiger partial charge in [0.1, 0.15) is 0 Å². The lowest BCUT2D eigenvalue weighted by atomic mass is 9.67. The van der Waals surface area contributed by atoms with E-state index in [0.717, 1.165) is 55.7 Å². The summed E-state index contributed by atoms with van der Waals surface area (Å²) in [6.07, 6.45) is 3.77. The van der Waals surface area contributed by atoms with E-state index >= 15 is 0 Å². The molecule has 1 aliphatic heterocycles. The summed E-state index contributed by atoms with van der Waals surface area (Å²) in [5.74, 6) is 0. The summed E-state index contributed by atoms with van der Waals surface area (Å²) < 4.78 is 4.72. The van der Waals surface area contributed by atoms with Crippen LogP contribution in [0.5, 0.6) is 0 Å². The zero-order valence-electron chi connectivity index (χ0n) is 32.0. The predicted molar refractivity (Wildman–Crippen MR) is 244 cm³/mol. The van der Waals surface area contributed by atoms with Gasteiger partial charge < -0.3 is 9.13 Å². The lowest BCUT2D eigenvalue weighted by Crippen LogP contribution is -2.32. The van der Waals surface area contributed by atoms with Crippen molar-refractivity contribution in [1.82, 2.24) is 19.1 Å². The Labute approximate surface area is 349 Å². The minimum Gasteiger partial charge on any atom is -0.309 e.